The largest absolute Gasteiger partial charge is 0.508 e. The van der Waals surface area contributed by atoms with E-state index in [9.17, 15) is 14.7 Å². The first-order valence-electron chi connectivity index (χ1n) is 9.00. The first-order chi connectivity index (χ1) is 11.6. The number of rotatable bonds is 4. The number of phenols is 1. The Morgan fingerprint density at radius 2 is 2.04 bits per heavy atom. The lowest BCUT2D eigenvalue weighted by Crippen LogP contribution is -2.46. The molecule has 3 fully saturated rings. The van der Waals surface area contributed by atoms with Crippen molar-refractivity contribution in [3.63, 3.8) is 0 Å². The topological polar surface area (TPSA) is 69.6 Å². The lowest BCUT2D eigenvalue weighted by molar-refractivity contribution is -0.136. The number of hydrogen-bond acceptors (Lipinski definition) is 3. The fraction of sp³-hybridized carbons (Fsp3) is 0.579. The van der Waals surface area contributed by atoms with E-state index < -0.39 is 0 Å². The van der Waals surface area contributed by atoms with Gasteiger partial charge in [-0.05, 0) is 55.7 Å². The highest BCUT2D eigenvalue weighted by atomic mass is 16.3. The van der Waals surface area contributed by atoms with Gasteiger partial charge in [0.25, 0.3) is 0 Å². The Bertz CT molecular complexity index is 656. The van der Waals surface area contributed by atoms with Crippen LogP contribution in [0.2, 0.25) is 0 Å². The number of aromatic hydroxyl groups is 1. The number of hydrogen-bond donors (Lipinski definition) is 2. The zero-order valence-electron chi connectivity index (χ0n) is 13.8. The zero-order chi connectivity index (χ0) is 16.7. The van der Waals surface area contributed by atoms with Crippen LogP contribution in [0.25, 0.3) is 0 Å². The number of carbonyl (C=O) groups excluding carboxylic acids is 2. The standard InChI is InChI=1S/C19H24N2O3/c22-15-5-1-3-12(9-15)16-10-17(16)19(24)21-8-2-4-13(11-21)18(23)20-14-6-7-14/h1,3,5,9,13-14,16-17,22H,2,4,6-8,10-11H2,(H,20,23). The minimum absolute atomic E-state index is 0.0112. The molecule has 0 bridgehead atoms. The summed E-state index contributed by atoms with van der Waals surface area (Å²) in [5.41, 5.74) is 1.04. The highest BCUT2D eigenvalue weighted by Crippen LogP contribution is 2.49. The van der Waals surface area contributed by atoms with Crippen molar-refractivity contribution in [3.05, 3.63) is 29.8 Å². The molecule has 128 valence electrons. The summed E-state index contributed by atoms with van der Waals surface area (Å²) in [5, 5.41) is 12.7. The van der Waals surface area contributed by atoms with Crippen LogP contribution in [0.15, 0.2) is 24.3 Å². The number of amides is 2. The highest BCUT2D eigenvalue weighted by Gasteiger charge is 2.46. The van der Waals surface area contributed by atoms with Crippen molar-refractivity contribution in [1.82, 2.24) is 10.2 Å². The molecule has 3 unspecified atom stereocenters. The lowest BCUT2D eigenvalue weighted by atomic mass is 9.96. The molecule has 2 amide bonds. The molecule has 5 nitrogen and oxygen atoms in total. The maximum absolute atomic E-state index is 12.8. The Labute approximate surface area is 142 Å². The summed E-state index contributed by atoms with van der Waals surface area (Å²) in [5.74, 6) is 0.714. The van der Waals surface area contributed by atoms with E-state index in [0.717, 1.165) is 44.2 Å². The first kappa shape index (κ1) is 15.5. The van der Waals surface area contributed by atoms with Crippen molar-refractivity contribution in [2.45, 2.75) is 44.1 Å². The molecule has 3 aliphatic rings. The summed E-state index contributed by atoms with van der Waals surface area (Å²) in [6.07, 6.45) is 4.81. The third kappa shape index (κ3) is 3.25. The molecular weight excluding hydrogens is 304 g/mol. The quantitative estimate of drug-likeness (QED) is 0.888. The average molecular weight is 328 g/mol. The maximum atomic E-state index is 12.8. The van der Waals surface area contributed by atoms with Gasteiger partial charge in [0, 0.05) is 25.0 Å². The second-order valence-electron chi connectivity index (χ2n) is 7.45. The molecule has 1 saturated heterocycles. The van der Waals surface area contributed by atoms with Gasteiger partial charge in [-0.3, -0.25) is 9.59 Å². The Morgan fingerprint density at radius 1 is 1.21 bits per heavy atom. The van der Waals surface area contributed by atoms with E-state index in [1.54, 1.807) is 12.1 Å². The highest BCUT2D eigenvalue weighted by molar-refractivity contribution is 5.85. The molecule has 1 aliphatic heterocycles. The van der Waals surface area contributed by atoms with Crippen molar-refractivity contribution >= 4 is 11.8 Å². The molecule has 24 heavy (non-hydrogen) atoms. The van der Waals surface area contributed by atoms with E-state index in [4.69, 9.17) is 0 Å². The first-order valence-corrected chi connectivity index (χ1v) is 9.00. The zero-order valence-corrected chi connectivity index (χ0v) is 13.8. The van der Waals surface area contributed by atoms with Crippen molar-refractivity contribution in [3.8, 4) is 5.75 Å². The van der Waals surface area contributed by atoms with Gasteiger partial charge >= 0.3 is 0 Å². The van der Waals surface area contributed by atoms with Gasteiger partial charge in [0.1, 0.15) is 5.75 Å². The third-order valence-electron chi connectivity index (χ3n) is 5.43. The van der Waals surface area contributed by atoms with Crippen LogP contribution in [-0.2, 0) is 9.59 Å². The Hall–Kier alpha value is -2.04. The van der Waals surface area contributed by atoms with Crippen LogP contribution in [-0.4, -0.2) is 41.0 Å². The Balaban J connectivity index is 1.35. The van der Waals surface area contributed by atoms with Crippen LogP contribution in [0.5, 0.6) is 5.75 Å². The summed E-state index contributed by atoms with van der Waals surface area (Å²) >= 11 is 0. The normalized spacial score (nSPS) is 29.2. The SMILES string of the molecule is O=C(NC1CC1)C1CCCN(C(=O)C2CC2c2cccc(O)c2)C1. The van der Waals surface area contributed by atoms with Gasteiger partial charge in [-0.25, -0.2) is 0 Å². The molecule has 4 rings (SSSR count). The monoisotopic (exact) mass is 328 g/mol. The van der Waals surface area contributed by atoms with Crippen LogP contribution >= 0.6 is 0 Å². The maximum Gasteiger partial charge on any atom is 0.226 e. The minimum Gasteiger partial charge on any atom is -0.508 e. The van der Waals surface area contributed by atoms with Crippen molar-refractivity contribution in [1.29, 1.82) is 0 Å². The lowest BCUT2D eigenvalue weighted by Gasteiger charge is -2.32. The fourth-order valence-electron chi connectivity index (χ4n) is 3.76. The number of phenolic OH excluding ortho intramolecular Hbond substituents is 1. The molecule has 1 aromatic rings. The summed E-state index contributed by atoms with van der Waals surface area (Å²) < 4.78 is 0. The van der Waals surface area contributed by atoms with Crippen molar-refractivity contribution < 1.29 is 14.7 Å². The summed E-state index contributed by atoms with van der Waals surface area (Å²) in [4.78, 5) is 26.9. The van der Waals surface area contributed by atoms with Gasteiger partial charge in [-0.15, -0.1) is 0 Å². The predicted molar refractivity (Wildman–Crippen MR) is 89.4 cm³/mol. The van der Waals surface area contributed by atoms with E-state index in [1.165, 1.54) is 0 Å². The van der Waals surface area contributed by atoms with E-state index in [1.807, 2.05) is 17.0 Å². The number of carbonyl (C=O) groups is 2. The van der Waals surface area contributed by atoms with Crippen molar-refractivity contribution in [2.24, 2.45) is 11.8 Å². The van der Waals surface area contributed by atoms with Crippen molar-refractivity contribution in [2.75, 3.05) is 13.1 Å². The summed E-state index contributed by atoms with van der Waals surface area (Å²) in [7, 11) is 0. The van der Waals surface area contributed by atoms with E-state index in [2.05, 4.69) is 5.32 Å². The Morgan fingerprint density at radius 3 is 2.79 bits per heavy atom. The predicted octanol–water partition coefficient (Wildman–Crippen LogP) is 2.01. The van der Waals surface area contributed by atoms with Gasteiger partial charge in [0.05, 0.1) is 5.92 Å². The van der Waals surface area contributed by atoms with Gasteiger partial charge < -0.3 is 15.3 Å². The molecule has 0 spiro atoms. The molecule has 2 aliphatic carbocycles. The number of benzene rings is 1. The van der Waals surface area contributed by atoms with E-state index in [0.29, 0.717) is 12.6 Å². The van der Waals surface area contributed by atoms with Gasteiger partial charge in [-0.1, -0.05) is 12.1 Å². The van der Waals surface area contributed by atoms with Gasteiger partial charge in [-0.2, -0.15) is 0 Å². The van der Waals surface area contributed by atoms with E-state index >= 15 is 0 Å². The van der Waals surface area contributed by atoms with Crippen LogP contribution in [0.3, 0.4) is 0 Å². The van der Waals surface area contributed by atoms with Crippen LogP contribution in [0, 0.1) is 11.8 Å². The van der Waals surface area contributed by atoms with Gasteiger partial charge in [0.2, 0.25) is 11.8 Å². The van der Waals surface area contributed by atoms with Crippen LogP contribution < -0.4 is 5.32 Å². The third-order valence-corrected chi connectivity index (χ3v) is 5.43. The molecule has 1 heterocycles. The fourth-order valence-corrected chi connectivity index (χ4v) is 3.76. The van der Waals surface area contributed by atoms with Crippen LogP contribution in [0.1, 0.15) is 43.6 Å². The molecule has 5 heteroatoms. The second-order valence-corrected chi connectivity index (χ2v) is 7.45. The summed E-state index contributed by atoms with van der Waals surface area (Å²) in [6.45, 7) is 1.32. The summed E-state index contributed by atoms with van der Waals surface area (Å²) in [6, 6.07) is 7.57. The van der Waals surface area contributed by atoms with Gasteiger partial charge in [0.15, 0.2) is 0 Å². The smallest absolute Gasteiger partial charge is 0.226 e. The molecule has 0 radical (unpaired) electrons. The second kappa shape index (κ2) is 6.11. The molecule has 2 saturated carbocycles. The number of piperidine rings is 1. The molecule has 1 aromatic carbocycles. The number of nitrogens with zero attached hydrogens (tertiary/aromatic N) is 1. The molecule has 0 aromatic heterocycles. The average Bonchev–Trinajstić information content (AvgIpc) is 3.49. The molecule has 2 N–H and O–H groups in total. The molecular formula is C19H24N2O3. The van der Waals surface area contributed by atoms with Crippen LogP contribution in [0.4, 0.5) is 0 Å². The minimum atomic E-state index is -0.0544. The number of nitrogens with one attached hydrogen (secondary N) is 1. The number of likely N-dealkylation sites (tertiary alicyclic amines) is 1. The molecule has 3 atom stereocenters. The Kier molecular flexibility index (Phi) is 3.94. The van der Waals surface area contributed by atoms with E-state index in [-0.39, 0.29) is 35.3 Å².